The fourth-order valence-corrected chi connectivity index (χ4v) is 3.19. The molecule has 1 heterocycles. The zero-order chi connectivity index (χ0) is 14.7. The molecule has 0 aliphatic heterocycles. The number of thiazole rings is 1. The van der Waals surface area contributed by atoms with E-state index in [1.165, 1.54) is 10.9 Å². The third-order valence-corrected chi connectivity index (χ3v) is 4.88. The molecule has 0 saturated carbocycles. The minimum Gasteiger partial charge on any atom is -0.329 e. The fourth-order valence-electron chi connectivity index (χ4n) is 2.10. The van der Waals surface area contributed by atoms with Crippen molar-refractivity contribution in [3.8, 4) is 0 Å². The van der Waals surface area contributed by atoms with E-state index in [2.05, 4.69) is 25.8 Å². The molecule has 0 aliphatic rings. The Morgan fingerprint density at radius 2 is 2.25 bits per heavy atom. The van der Waals surface area contributed by atoms with Crippen molar-refractivity contribution >= 4 is 27.3 Å². The number of aryl methyl sites for hydroxylation is 1. The Morgan fingerprint density at radius 1 is 1.50 bits per heavy atom. The highest BCUT2D eigenvalue weighted by atomic mass is 79.9. The Balaban J connectivity index is 2.18. The largest absolute Gasteiger partial charge is 0.329 e. The van der Waals surface area contributed by atoms with Gasteiger partial charge in [0.15, 0.2) is 0 Å². The summed E-state index contributed by atoms with van der Waals surface area (Å²) in [5.41, 5.74) is 9.64. The van der Waals surface area contributed by atoms with Gasteiger partial charge < -0.3 is 5.73 Å². The van der Waals surface area contributed by atoms with E-state index in [1.807, 2.05) is 25.5 Å². The molecule has 1 unspecified atom stereocenters. The van der Waals surface area contributed by atoms with Gasteiger partial charge in [-0.3, -0.25) is 4.90 Å². The molecule has 0 fully saturated rings. The monoisotopic (exact) mass is 357 g/mol. The van der Waals surface area contributed by atoms with Gasteiger partial charge in [-0.05, 0) is 47.6 Å². The van der Waals surface area contributed by atoms with E-state index in [0.29, 0.717) is 11.0 Å². The minimum absolute atomic E-state index is 0.0147. The van der Waals surface area contributed by atoms with Crippen molar-refractivity contribution < 1.29 is 4.39 Å². The normalized spacial score (nSPS) is 12.9. The van der Waals surface area contributed by atoms with Crippen LogP contribution in [-0.2, 0) is 6.54 Å². The van der Waals surface area contributed by atoms with Crippen LogP contribution in [-0.4, -0.2) is 23.5 Å². The maximum atomic E-state index is 13.7. The molecule has 6 heteroatoms. The van der Waals surface area contributed by atoms with Crippen molar-refractivity contribution in [3.05, 3.63) is 50.1 Å². The van der Waals surface area contributed by atoms with Crippen LogP contribution in [0.1, 0.15) is 22.2 Å². The number of nitrogens with two attached hydrogens (primary N) is 1. The Kier molecular flexibility index (Phi) is 5.26. The summed E-state index contributed by atoms with van der Waals surface area (Å²) < 4.78 is 14.1. The van der Waals surface area contributed by atoms with Gasteiger partial charge >= 0.3 is 0 Å². The first-order valence-corrected chi connectivity index (χ1v) is 7.94. The zero-order valence-corrected chi connectivity index (χ0v) is 13.8. The molecule has 0 spiro atoms. The summed E-state index contributed by atoms with van der Waals surface area (Å²) >= 11 is 4.80. The highest BCUT2D eigenvalue weighted by Gasteiger charge is 2.18. The molecular weight excluding hydrogens is 341 g/mol. The molecule has 0 aliphatic carbocycles. The number of halogens is 2. The van der Waals surface area contributed by atoms with Crippen molar-refractivity contribution in [2.24, 2.45) is 5.73 Å². The van der Waals surface area contributed by atoms with E-state index in [4.69, 9.17) is 5.73 Å². The number of hydrogen-bond acceptors (Lipinski definition) is 4. The van der Waals surface area contributed by atoms with Crippen LogP contribution >= 0.6 is 27.3 Å². The van der Waals surface area contributed by atoms with E-state index in [0.717, 1.165) is 17.8 Å². The second-order valence-corrected chi connectivity index (χ2v) is 6.49. The lowest BCUT2D eigenvalue weighted by Gasteiger charge is -2.27. The molecule has 2 N–H and O–H groups in total. The molecule has 1 aromatic heterocycles. The summed E-state index contributed by atoms with van der Waals surface area (Å²) in [6, 6.07) is 5.15. The van der Waals surface area contributed by atoms with Gasteiger partial charge in [0.25, 0.3) is 0 Å². The van der Waals surface area contributed by atoms with Gasteiger partial charge in [-0.15, -0.1) is 11.3 Å². The molecule has 0 amide bonds. The van der Waals surface area contributed by atoms with Gasteiger partial charge in [-0.1, -0.05) is 6.07 Å². The summed E-state index contributed by atoms with van der Waals surface area (Å²) in [6.07, 6.45) is 0. The van der Waals surface area contributed by atoms with Gasteiger partial charge in [-0.2, -0.15) is 0 Å². The smallest absolute Gasteiger partial charge is 0.137 e. The number of likely N-dealkylation sites (N-methyl/N-ethyl adjacent to an activating group) is 1. The SMILES string of the molecule is Cc1ncsc1CN(C)C(CN)c1ccc(Br)c(F)c1. The molecule has 20 heavy (non-hydrogen) atoms. The summed E-state index contributed by atoms with van der Waals surface area (Å²) in [5, 5.41) is 0. The van der Waals surface area contributed by atoms with Crippen LogP contribution < -0.4 is 5.73 Å². The molecule has 108 valence electrons. The van der Waals surface area contributed by atoms with E-state index < -0.39 is 0 Å². The molecule has 3 nitrogen and oxygen atoms in total. The molecule has 2 rings (SSSR count). The second kappa shape index (κ2) is 6.76. The van der Waals surface area contributed by atoms with E-state index in [-0.39, 0.29) is 11.9 Å². The van der Waals surface area contributed by atoms with E-state index >= 15 is 0 Å². The highest BCUT2D eigenvalue weighted by Crippen LogP contribution is 2.25. The van der Waals surface area contributed by atoms with Crippen molar-refractivity contribution in [2.45, 2.75) is 19.5 Å². The standard InChI is InChI=1S/C14H17BrFN3S/c1-9-14(20-8-18-9)7-19(2)13(6-17)10-3-4-11(15)12(16)5-10/h3-5,8,13H,6-7,17H2,1-2H3. The van der Waals surface area contributed by atoms with Crippen LogP contribution in [0.25, 0.3) is 0 Å². The first-order valence-electron chi connectivity index (χ1n) is 6.27. The summed E-state index contributed by atoms with van der Waals surface area (Å²) in [7, 11) is 2.00. The Labute approximate surface area is 130 Å². The zero-order valence-electron chi connectivity index (χ0n) is 11.4. The summed E-state index contributed by atoms with van der Waals surface area (Å²) in [5.74, 6) is -0.261. The first-order chi connectivity index (χ1) is 9.52. The number of benzene rings is 1. The van der Waals surface area contributed by atoms with Crippen molar-refractivity contribution in [3.63, 3.8) is 0 Å². The third kappa shape index (κ3) is 3.44. The van der Waals surface area contributed by atoms with Crippen molar-refractivity contribution in [1.29, 1.82) is 0 Å². The first kappa shape index (κ1) is 15.6. The Hall–Kier alpha value is -0.820. The van der Waals surface area contributed by atoms with Crippen LogP contribution in [0.2, 0.25) is 0 Å². The lowest BCUT2D eigenvalue weighted by Crippen LogP contribution is -2.30. The van der Waals surface area contributed by atoms with Crippen LogP contribution in [0.4, 0.5) is 4.39 Å². The lowest BCUT2D eigenvalue weighted by molar-refractivity contribution is 0.243. The molecule has 2 aromatic rings. The molecule has 0 radical (unpaired) electrons. The Bertz CT molecular complexity index is 588. The van der Waals surface area contributed by atoms with Crippen LogP contribution in [0.3, 0.4) is 0 Å². The summed E-state index contributed by atoms with van der Waals surface area (Å²) in [4.78, 5) is 7.59. The predicted octanol–water partition coefficient (Wildman–Crippen LogP) is 3.48. The van der Waals surface area contributed by atoms with Gasteiger partial charge in [0, 0.05) is 24.0 Å². The quantitative estimate of drug-likeness (QED) is 0.890. The predicted molar refractivity (Wildman–Crippen MR) is 84.2 cm³/mol. The number of nitrogens with zero attached hydrogens (tertiary/aromatic N) is 2. The van der Waals surface area contributed by atoms with Crippen LogP contribution in [0.15, 0.2) is 28.2 Å². The third-order valence-electron chi connectivity index (χ3n) is 3.32. The summed E-state index contributed by atoms with van der Waals surface area (Å²) in [6.45, 7) is 3.20. The minimum atomic E-state index is -0.261. The Morgan fingerprint density at radius 3 is 2.80 bits per heavy atom. The molecule has 0 saturated heterocycles. The van der Waals surface area contributed by atoms with Gasteiger partial charge in [0.05, 0.1) is 15.7 Å². The molecule has 1 aromatic carbocycles. The van der Waals surface area contributed by atoms with Gasteiger partial charge in [0.2, 0.25) is 0 Å². The lowest BCUT2D eigenvalue weighted by atomic mass is 10.1. The molecule has 1 atom stereocenters. The van der Waals surface area contributed by atoms with Crippen LogP contribution in [0.5, 0.6) is 0 Å². The van der Waals surface area contributed by atoms with Crippen molar-refractivity contribution in [2.75, 3.05) is 13.6 Å². The number of aromatic nitrogens is 1. The number of rotatable bonds is 5. The highest BCUT2D eigenvalue weighted by molar-refractivity contribution is 9.10. The average molecular weight is 358 g/mol. The van der Waals surface area contributed by atoms with E-state index in [9.17, 15) is 4.39 Å². The van der Waals surface area contributed by atoms with Gasteiger partial charge in [0.1, 0.15) is 5.82 Å². The van der Waals surface area contributed by atoms with Crippen LogP contribution in [0, 0.1) is 12.7 Å². The topological polar surface area (TPSA) is 42.2 Å². The van der Waals surface area contributed by atoms with Crippen molar-refractivity contribution in [1.82, 2.24) is 9.88 Å². The second-order valence-electron chi connectivity index (χ2n) is 4.70. The maximum absolute atomic E-state index is 13.7. The van der Waals surface area contributed by atoms with E-state index in [1.54, 1.807) is 17.4 Å². The van der Waals surface area contributed by atoms with Gasteiger partial charge in [-0.25, -0.2) is 9.37 Å². The average Bonchev–Trinajstić information content (AvgIpc) is 2.80. The fraction of sp³-hybridized carbons (Fsp3) is 0.357. The number of hydrogen-bond donors (Lipinski definition) is 1. The molecule has 0 bridgehead atoms. The molecular formula is C14H17BrFN3S. The maximum Gasteiger partial charge on any atom is 0.137 e.